The number of carboxylic acid groups (broad SMARTS) is 1. The van der Waals surface area contributed by atoms with Gasteiger partial charge in [-0.2, -0.15) is 0 Å². The summed E-state index contributed by atoms with van der Waals surface area (Å²) in [4.78, 5) is 24.0. The number of ether oxygens (including phenoxy) is 1. The number of halogens is 2. The molecule has 34 heavy (non-hydrogen) atoms. The van der Waals surface area contributed by atoms with Crippen LogP contribution in [0.25, 0.3) is 16.6 Å². The number of nitrogens with two attached hydrogens (primary N) is 1. The highest BCUT2D eigenvalue weighted by molar-refractivity contribution is 6.31. The van der Waals surface area contributed by atoms with Crippen LogP contribution in [-0.2, 0) is 0 Å². The van der Waals surface area contributed by atoms with Crippen molar-refractivity contribution in [3.63, 3.8) is 0 Å². The number of rotatable bonds is 6. The van der Waals surface area contributed by atoms with Crippen LogP contribution in [0.2, 0.25) is 5.02 Å². The van der Waals surface area contributed by atoms with Crippen LogP contribution in [0.3, 0.4) is 0 Å². The van der Waals surface area contributed by atoms with Gasteiger partial charge in [0.1, 0.15) is 28.6 Å². The first-order valence-electron chi connectivity index (χ1n) is 10.6. The number of pyridine rings is 1. The molecular formula is C24H23ClFN5O3. The van der Waals surface area contributed by atoms with Crippen LogP contribution in [0.5, 0.6) is 5.75 Å². The van der Waals surface area contributed by atoms with Crippen molar-refractivity contribution >= 4 is 28.9 Å². The SMILES string of the molecule is Cc1nc(C(C)c2cc(Cl)c(F)c(-c3ccc(C(=O)O)nc3)c2OC(C)C)n2ccnc(N)c12. The van der Waals surface area contributed by atoms with E-state index in [9.17, 15) is 4.79 Å². The summed E-state index contributed by atoms with van der Waals surface area (Å²) in [5, 5.41) is 9.06. The minimum Gasteiger partial charge on any atom is -0.490 e. The number of benzene rings is 1. The lowest BCUT2D eigenvalue weighted by Crippen LogP contribution is -2.13. The molecule has 3 heterocycles. The fourth-order valence-electron chi connectivity index (χ4n) is 3.95. The Morgan fingerprint density at radius 1 is 1.26 bits per heavy atom. The normalized spacial score (nSPS) is 12.3. The van der Waals surface area contributed by atoms with Crippen LogP contribution >= 0.6 is 11.6 Å². The Hall–Kier alpha value is -3.72. The van der Waals surface area contributed by atoms with Crippen molar-refractivity contribution in [1.82, 2.24) is 19.4 Å². The summed E-state index contributed by atoms with van der Waals surface area (Å²) in [7, 11) is 0. The molecule has 4 rings (SSSR count). The number of nitrogens with zero attached hydrogens (tertiary/aromatic N) is 4. The smallest absolute Gasteiger partial charge is 0.354 e. The summed E-state index contributed by atoms with van der Waals surface area (Å²) < 4.78 is 23.4. The second kappa shape index (κ2) is 8.90. The molecule has 3 aromatic heterocycles. The van der Waals surface area contributed by atoms with E-state index in [0.717, 1.165) is 0 Å². The highest BCUT2D eigenvalue weighted by Gasteiger charge is 2.28. The molecule has 0 aliphatic heterocycles. The number of hydrogen-bond acceptors (Lipinski definition) is 6. The number of anilines is 1. The number of imidazole rings is 1. The fourth-order valence-corrected chi connectivity index (χ4v) is 4.16. The number of aryl methyl sites for hydroxylation is 1. The van der Waals surface area contributed by atoms with Gasteiger partial charge in [0.15, 0.2) is 5.82 Å². The predicted molar refractivity (Wildman–Crippen MR) is 127 cm³/mol. The maximum Gasteiger partial charge on any atom is 0.354 e. The van der Waals surface area contributed by atoms with E-state index in [1.165, 1.54) is 24.4 Å². The molecule has 10 heteroatoms. The zero-order valence-corrected chi connectivity index (χ0v) is 19.8. The molecule has 0 radical (unpaired) electrons. The van der Waals surface area contributed by atoms with Gasteiger partial charge in [-0.15, -0.1) is 0 Å². The molecule has 4 aromatic rings. The largest absolute Gasteiger partial charge is 0.490 e. The Morgan fingerprint density at radius 3 is 2.62 bits per heavy atom. The first-order valence-corrected chi connectivity index (χ1v) is 10.9. The van der Waals surface area contributed by atoms with E-state index in [2.05, 4.69) is 9.97 Å². The van der Waals surface area contributed by atoms with Crippen LogP contribution in [0.1, 0.15) is 54.3 Å². The molecule has 0 amide bonds. The number of aromatic nitrogens is 4. The van der Waals surface area contributed by atoms with Crippen molar-refractivity contribution < 1.29 is 19.0 Å². The van der Waals surface area contributed by atoms with Crippen molar-refractivity contribution in [2.45, 2.75) is 39.7 Å². The minimum atomic E-state index is -1.18. The monoisotopic (exact) mass is 483 g/mol. The lowest BCUT2D eigenvalue weighted by atomic mass is 9.93. The van der Waals surface area contributed by atoms with Crippen LogP contribution in [-0.4, -0.2) is 36.5 Å². The van der Waals surface area contributed by atoms with Crippen LogP contribution in [0.15, 0.2) is 36.8 Å². The maximum absolute atomic E-state index is 15.4. The molecule has 1 aromatic carbocycles. The summed E-state index contributed by atoms with van der Waals surface area (Å²) in [6.45, 7) is 7.42. The molecule has 3 N–H and O–H groups in total. The van der Waals surface area contributed by atoms with Gasteiger partial charge in [-0.3, -0.25) is 4.40 Å². The van der Waals surface area contributed by atoms with Gasteiger partial charge in [0, 0.05) is 35.6 Å². The van der Waals surface area contributed by atoms with Gasteiger partial charge in [0.25, 0.3) is 0 Å². The summed E-state index contributed by atoms with van der Waals surface area (Å²) in [5.41, 5.74) is 8.37. The highest BCUT2D eigenvalue weighted by atomic mass is 35.5. The summed E-state index contributed by atoms with van der Waals surface area (Å²) in [6.07, 6.45) is 4.36. The van der Waals surface area contributed by atoms with E-state index in [0.29, 0.717) is 34.0 Å². The lowest BCUT2D eigenvalue weighted by molar-refractivity contribution is 0.0690. The standard InChI is InChI=1S/C24H23ClFN5O3/c1-11(2)34-21-15(12(3)23-30-13(4)20-22(27)28-7-8-31(20)23)9-16(25)19(26)18(21)14-5-6-17(24(32)33)29-10-14/h5-12H,1-4H3,(H2,27,28)(H,32,33). The van der Waals surface area contributed by atoms with E-state index in [-0.39, 0.29) is 34.1 Å². The topological polar surface area (TPSA) is 116 Å². The van der Waals surface area contributed by atoms with Crippen molar-refractivity contribution in [2.75, 3.05) is 5.73 Å². The number of nitrogen functional groups attached to an aromatic ring is 1. The van der Waals surface area contributed by atoms with E-state index >= 15 is 4.39 Å². The third kappa shape index (κ3) is 4.03. The average molecular weight is 484 g/mol. The summed E-state index contributed by atoms with van der Waals surface area (Å²) in [5.74, 6) is -0.946. The van der Waals surface area contributed by atoms with Crippen LogP contribution < -0.4 is 10.5 Å². The lowest BCUT2D eigenvalue weighted by Gasteiger charge is -2.23. The molecule has 176 valence electrons. The number of hydrogen-bond donors (Lipinski definition) is 2. The Labute approximate surface area is 200 Å². The van der Waals surface area contributed by atoms with E-state index < -0.39 is 11.8 Å². The molecule has 0 bridgehead atoms. The quantitative estimate of drug-likeness (QED) is 0.391. The third-order valence-corrected chi connectivity index (χ3v) is 5.74. The van der Waals surface area contributed by atoms with Gasteiger partial charge in [-0.1, -0.05) is 24.6 Å². The zero-order chi connectivity index (χ0) is 24.7. The van der Waals surface area contributed by atoms with E-state index in [4.69, 9.17) is 32.2 Å². The molecule has 0 aliphatic carbocycles. The average Bonchev–Trinajstić information content (AvgIpc) is 3.13. The summed E-state index contributed by atoms with van der Waals surface area (Å²) >= 11 is 6.34. The van der Waals surface area contributed by atoms with E-state index in [1.54, 1.807) is 12.4 Å². The zero-order valence-electron chi connectivity index (χ0n) is 19.0. The molecule has 1 unspecified atom stereocenters. The molecule has 0 aliphatic rings. The van der Waals surface area contributed by atoms with Gasteiger partial charge >= 0.3 is 5.97 Å². The van der Waals surface area contributed by atoms with Crippen LogP contribution in [0.4, 0.5) is 10.2 Å². The van der Waals surface area contributed by atoms with Crippen molar-refractivity contribution in [3.8, 4) is 16.9 Å². The van der Waals surface area contributed by atoms with Crippen molar-refractivity contribution in [1.29, 1.82) is 0 Å². The highest BCUT2D eigenvalue weighted by Crippen LogP contribution is 2.44. The van der Waals surface area contributed by atoms with Crippen LogP contribution in [0, 0.1) is 12.7 Å². The number of carbonyl (C=O) groups is 1. The van der Waals surface area contributed by atoms with Gasteiger partial charge in [0.2, 0.25) is 0 Å². The molecule has 0 spiro atoms. The molecular weight excluding hydrogens is 461 g/mol. The second-order valence-electron chi connectivity index (χ2n) is 8.18. The van der Waals surface area contributed by atoms with Gasteiger partial charge in [-0.05, 0) is 32.9 Å². The van der Waals surface area contributed by atoms with E-state index in [1.807, 2.05) is 32.1 Å². The Morgan fingerprint density at radius 2 is 2.00 bits per heavy atom. The van der Waals surface area contributed by atoms with Gasteiger partial charge in [-0.25, -0.2) is 24.1 Å². The fraction of sp³-hybridized carbons (Fsp3) is 0.250. The Bertz CT molecular complexity index is 1400. The van der Waals surface area contributed by atoms with Crippen molar-refractivity contribution in [2.24, 2.45) is 0 Å². The maximum atomic E-state index is 15.4. The third-order valence-electron chi connectivity index (χ3n) is 5.46. The predicted octanol–water partition coefficient (Wildman–Crippen LogP) is 5.11. The molecule has 8 nitrogen and oxygen atoms in total. The Balaban J connectivity index is 1.96. The second-order valence-corrected chi connectivity index (χ2v) is 8.58. The van der Waals surface area contributed by atoms with Gasteiger partial charge < -0.3 is 15.6 Å². The minimum absolute atomic E-state index is 0.103. The Kier molecular flexibility index (Phi) is 6.14. The van der Waals surface area contributed by atoms with Gasteiger partial charge in [0.05, 0.1) is 22.4 Å². The molecule has 0 saturated heterocycles. The summed E-state index contributed by atoms with van der Waals surface area (Å²) in [6, 6.07) is 4.32. The number of carboxylic acids is 1. The first kappa shape index (κ1) is 23.4. The first-order chi connectivity index (χ1) is 16.1. The number of aromatic carboxylic acids is 1. The molecule has 1 atom stereocenters. The molecule has 0 fully saturated rings. The number of fused-ring (bicyclic) bond motifs is 1. The molecule has 0 saturated carbocycles. The van der Waals surface area contributed by atoms with Crippen molar-refractivity contribution in [3.05, 3.63) is 70.4 Å².